The lowest BCUT2D eigenvalue weighted by atomic mass is 10.1. The predicted molar refractivity (Wildman–Crippen MR) is 98.7 cm³/mol. The van der Waals surface area contributed by atoms with E-state index in [0.29, 0.717) is 34.8 Å². The zero-order chi connectivity index (χ0) is 21.0. The van der Waals surface area contributed by atoms with Crippen LogP contribution in [-0.4, -0.2) is 22.7 Å². The molecule has 1 aromatic heterocycles. The zero-order valence-electron chi connectivity index (χ0n) is 15.5. The minimum Gasteiger partial charge on any atom is -0.493 e. The molecule has 29 heavy (non-hydrogen) atoms. The van der Waals surface area contributed by atoms with Crippen LogP contribution in [0.5, 0.6) is 5.75 Å². The lowest BCUT2D eigenvalue weighted by Gasteiger charge is -2.06. The number of ether oxygens (including phenoxy) is 1. The van der Waals surface area contributed by atoms with Gasteiger partial charge in [0.15, 0.2) is 0 Å². The molecule has 3 aromatic rings. The molecule has 0 amide bonds. The summed E-state index contributed by atoms with van der Waals surface area (Å²) in [6.07, 6.45) is -4.05. The molecule has 8 heteroatoms. The maximum Gasteiger partial charge on any atom is 0.416 e. The standard InChI is InChI=1S/C21H18F3NO4/c1-13-18(9-10-28-17-4-2-3-14(11-17)12-19(26)27)25-20(29-13)15-5-7-16(8-6-15)21(22,23)24/h2-8,11H,9-10,12H2,1H3,(H,26,27). The third-order valence-electron chi connectivity index (χ3n) is 4.21. The maximum absolute atomic E-state index is 12.7. The Kier molecular flexibility index (Phi) is 5.91. The van der Waals surface area contributed by atoms with Crippen molar-refractivity contribution in [2.45, 2.75) is 25.9 Å². The van der Waals surface area contributed by atoms with Gasteiger partial charge in [0.05, 0.1) is 24.3 Å². The van der Waals surface area contributed by atoms with Crippen molar-refractivity contribution in [2.24, 2.45) is 0 Å². The Morgan fingerprint density at radius 2 is 1.90 bits per heavy atom. The van der Waals surface area contributed by atoms with Crippen molar-refractivity contribution in [3.8, 4) is 17.2 Å². The highest BCUT2D eigenvalue weighted by Crippen LogP contribution is 2.31. The molecule has 0 saturated heterocycles. The number of alkyl halides is 3. The molecule has 0 aliphatic rings. The van der Waals surface area contributed by atoms with Crippen LogP contribution in [0, 0.1) is 6.92 Å². The molecule has 0 unspecified atom stereocenters. The largest absolute Gasteiger partial charge is 0.493 e. The molecule has 0 atom stereocenters. The van der Waals surface area contributed by atoms with E-state index < -0.39 is 17.7 Å². The van der Waals surface area contributed by atoms with E-state index in [0.717, 1.165) is 12.1 Å². The second-order valence-electron chi connectivity index (χ2n) is 6.41. The van der Waals surface area contributed by atoms with Crippen LogP contribution < -0.4 is 4.74 Å². The van der Waals surface area contributed by atoms with Gasteiger partial charge in [-0.2, -0.15) is 13.2 Å². The summed E-state index contributed by atoms with van der Waals surface area (Å²) in [6, 6.07) is 11.4. The van der Waals surface area contributed by atoms with Gasteiger partial charge in [-0.1, -0.05) is 12.1 Å². The molecule has 0 bridgehead atoms. The summed E-state index contributed by atoms with van der Waals surface area (Å²) < 4.78 is 49.3. The minimum atomic E-state index is -4.39. The van der Waals surface area contributed by atoms with E-state index in [4.69, 9.17) is 14.3 Å². The highest BCUT2D eigenvalue weighted by atomic mass is 19.4. The van der Waals surface area contributed by atoms with Gasteiger partial charge in [0.2, 0.25) is 5.89 Å². The van der Waals surface area contributed by atoms with E-state index in [1.807, 2.05) is 0 Å². The van der Waals surface area contributed by atoms with Crippen LogP contribution in [-0.2, 0) is 23.8 Å². The third-order valence-corrected chi connectivity index (χ3v) is 4.21. The molecular weight excluding hydrogens is 387 g/mol. The first-order valence-corrected chi connectivity index (χ1v) is 8.80. The number of aromatic nitrogens is 1. The quantitative estimate of drug-likeness (QED) is 0.604. The molecule has 1 heterocycles. The first-order chi connectivity index (χ1) is 13.7. The number of carboxylic acids is 1. The van der Waals surface area contributed by atoms with Gasteiger partial charge in [0.25, 0.3) is 0 Å². The van der Waals surface area contributed by atoms with E-state index in [-0.39, 0.29) is 18.9 Å². The minimum absolute atomic E-state index is 0.0872. The van der Waals surface area contributed by atoms with Gasteiger partial charge in [0, 0.05) is 12.0 Å². The molecule has 0 spiro atoms. The maximum atomic E-state index is 12.7. The average Bonchev–Trinajstić information content (AvgIpc) is 3.02. The lowest BCUT2D eigenvalue weighted by molar-refractivity contribution is -0.138. The van der Waals surface area contributed by atoms with Crippen LogP contribution >= 0.6 is 0 Å². The van der Waals surface area contributed by atoms with Gasteiger partial charge in [-0.25, -0.2) is 4.98 Å². The van der Waals surface area contributed by atoms with Crippen LogP contribution in [0.3, 0.4) is 0 Å². The van der Waals surface area contributed by atoms with Gasteiger partial charge in [-0.05, 0) is 48.9 Å². The first kappa shape index (κ1) is 20.4. The molecule has 0 aliphatic heterocycles. The summed E-state index contributed by atoms with van der Waals surface area (Å²) in [7, 11) is 0. The van der Waals surface area contributed by atoms with E-state index >= 15 is 0 Å². The third kappa shape index (κ3) is 5.37. The highest BCUT2D eigenvalue weighted by Gasteiger charge is 2.30. The molecule has 2 aromatic carbocycles. The molecule has 0 radical (unpaired) electrons. The van der Waals surface area contributed by atoms with Crippen molar-refractivity contribution in [1.82, 2.24) is 4.98 Å². The molecule has 5 nitrogen and oxygen atoms in total. The number of hydrogen-bond acceptors (Lipinski definition) is 4. The van der Waals surface area contributed by atoms with E-state index in [2.05, 4.69) is 4.98 Å². The molecular formula is C21H18F3NO4. The van der Waals surface area contributed by atoms with Gasteiger partial charge in [-0.15, -0.1) is 0 Å². The van der Waals surface area contributed by atoms with Crippen LogP contribution in [0.4, 0.5) is 13.2 Å². The van der Waals surface area contributed by atoms with Gasteiger partial charge in [-0.3, -0.25) is 4.79 Å². The normalized spacial score (nSPS) is 11.4. The van der Waals surface area contributed by atoms with Crippen LogP contribution in [0.25, 0.3) is 11.5 Å². The molecule has 0 saturated carbocycles. The smallest absolute Gasteiger partial charge is 0.416 e. The number of carboxylic acid groups (broad SMARTS) is 1. The number of nitrogens with zero attached hydrogens (tertiary/aromatic N) is 1. The molecule has 152 valence electrons. The van der Waals surface area contributed by atoms with Crippen molar-refractivity contribution in [1.29, 1.82) is 0 Å². The monoisotopic (exact) mass is 405 g/mol. The van der Waals surface area contributed by atoms with Crippen molar-refractivity contribution >= 4 is 5.97 Å². The molecule has 0 aliphatic carbocycles. The summed E-state index contributed by atoms with van der Waals surface area (Å²) in [4.78, 5) is 15.1. The lowest BCUT2D eigenvalue weighted by Crippen LogP contribution is -2.04. The SMILES string of the molecule is Cc1oc(-c2ccc(C(F)(F)F)cc2)nc1CCOc1cccc(CC(=O)O)c1. The van der Waals surface area contributed by atoms with Crippen molar-refractivity contribution in [3.63, 3.8) is 0 Å². The number of carbonyl (C=O) groups is 1. The number of benzene rings is 2. The van der Waals surface area contributed by atoms with Crippen LogP contribution in [0.2, 0.25) is 0 Å². The van der Waals surface area contributed by atoms with E-state index in [9.17, 15) is 18.0 Å². The Hall–Kier alpha value is -3.29. The fraction of sp³-hybridized carbons (Fsp3) is 0.238. The zero-order valence-corrected chi connectivity index (χ0v) is 15.5. The number of halogens is 3. The van der Waals surface area contributed by atoms with Gasteiger partial charge >= 0.3 is 12.1 Å². The second-order valence-corrected chi connectivity index (χ2v) is 6.41. The summed E-state index contributed by atoms with van der Waals surface area (Å²) >= 11 is 0. The van der Waals surface area contributed by atoms with Crippen molar-refractivity contribution < 1.29 is 32.2 Å². The van der Waals surface area contributed by atoms with Crippen molar-refractivity contribution in [3.05, 3.63) is 71.1 Å². The number of hydrogen-bond donors (Lipinski definition) is 1. The van der Waals surface area contributed by atoms with Gasteiger partial charge in [0.1, 0.15) is 11.5 Å². The Morgan fingerprint density at radius 1 is 1.17 bits per heavy atom. The summed E-state index contributed by atoms with van der Waals surface area (Å²) in [5, 5.41) is 8.85. The number of aryl methyl sites for hydroxylation is 1. The average molecular weight is 405 g/mol. The number of aliphatic carboxylic acids is 1. The predicted octanol–water partition coefficient (Wildman–Crippen LogP) is 4.92. The molecule has 3 rings (SSSR count). The van der Waals surface area contributed by atoms with Crippen LogP contribution in [0.15, 0.2) is 52.9 Å². The summed E-state index contributed by atoms with van der Waals surface area (Å²) in [6.45, 7) is 2.01. The Labute approximate surface area is 164 Å². The van der Waals surface area contributed by atoms with E-state index in [1.54, 1.807) is 31.2 Å². The second kappa shape index (κ2) is 8.38. The Bertz CT molecular complexity index is 994. The fourth-order valence-corrected chi connectivity index (χ4v) is 2.77. The van der Waals surface area contributed by atoms with E-state index in [1.165, 1.54) is 12.1 Å². The summed E-state index contributed by atoms with van der Waals surface area (Å²) in [5.74, 6) is 0.432. The molecule has 1 N–H and O–H groups in total. The molecule has 0 fully saturated rings. The number of oxazole rings is 1. The first-order valence-electron chi connectivity index (χ1n) is 8.80. The topological polar surface area (TPSA) is 72.6 Å². The summed E-state index contributed by atoms with van der Waals surface area (Å²) in [5.41, 5.74) is 0.997. The van der Waals surface area contributed by atoms with Gasteiger partial charge < -0.3 is 14.3 Å². The fourth-order valence-electron chi connectivity index (χ4n) is 2.77. The number of rotatable bonds is 7. The Morgan fingerprint density at radius 3 is 2.55 bits per heavy atom. The Balaban J connectivity index is 1.63. The van der Waals surface area contributed by atoms with Crippen LogP contribution in [0.1, 0.15) is 22.6 Å². The van der Waals surface area contributed by atoms with Crippen molar-refractivity contribution in [2.75, 3.05) is 6.61 Å². The highest BCUT2D eigenvalue weighted by molar-refractivity contribution is 5.70.